The molecule has 0 spiro atoms. The summed E-state index contributed by atoms with van der Waals surface area (Å²) in [5, 5.41) is 2.98. The van der Waals surface area contributed by atoms with E-state index in [0.717, 1.165) is 44.0 Å². The van der Waals surface area contributed by atoms with Crippen LogP contribution in [0.5, 0.6) is 0 Å². The summed E-state index contributed by atoms with van der Waals surface area (Å²) in [6, 6.07) is 14.7. The third-order valence-corrected chi connectivity index (χ3v) is 5.01. The molecule has 144 valence electrons. The Morgan fingerprint density at radius 2 is 1.56 bits per heavy atom. The van der Waals surface area contributed by atoms with Gasteiger partial charge in [0, 0.05) is 38.4 Å². The van der Waals surface area contributed by atoms with Gasteiger partial charge in [-0.3, -0.25) is 14.6 Å². The molecule has 4 nitrogen and oxygen atoms in total. The quantitative estimate of drug-likeness (QED) is 0.843. The first kappa shape index (κ1) is 19.5. The van der Waals surface area contributed by atoms with Gasteiger partial charge < -0.3 is 5.32 Å². The summed E-state index contributed by atoms with van der Waals surface area (Å²) in [7, 11) is 0. The van der Waals surface area contributed by atoms with Gasteiger partial charge in [0.25, 0.3) is 0 Å². The first-order valence-electron chi connectivity index (χ1n) is 9.58. The Kier molecular flexibility index (Phi) is 6.58. The minimum Gasteiger partial charge on any atom is -0.325 e. The van der Waals surface area contributed by atoms with Crippen molar-refractivity contribution in [1.29, 1.82) is 0 Å². The maximum atomic E-state index is 13.0. The highest BCUT2D eigenvalue weighted by Crippen LogP contribution is 2.17. The maximum Gasteiger partial charge on any atom is 0.238 e. The number of piperazine rings is 1. The van der Waals surface area contributed by atoms with Crippen molar-refractivity contribution in [3.63, 3.8) is 0 Å². The van der Waals surface area contributed by atoms with Crippen molar-refractivity contribution in [3.8, 4) is 0 Å². The molecular formula is C22H28FN3O. The summed E-state index contributed by atoms with van der Waals surface area (Å²) in [5.41, 5.74) is 3.23. The van der Waals surface area contributed by atoms with Crippen molar-refractivity contribution in [2.45, 2.75) is 26.3 Å². The average Bonchev–Trinajstić information content (AvgIpc) is 2.65. The lowest BCUT2D eigenvalue weighted by Crippen LogP contribution is -2.48. The molecule has 2 aromatic rings. The van der Waals surface area contributed by atoms with Crippen LogP contribution in [0.2, 0.25) is 0 Å². The fourth-order valence-electron chi connectivity index (χ4n) is 3.31. The molecule has 1 aliphatic heterocycles. The van der Waals surface area contributed by atoms with Crippen LogP contribution in [0.15, 0.2) is 48.5 Å². The lowest BCUT2D eigenvalue weighted by molar-refractivity contribution is -0.117. The molecule has 5 heteroatoms. The van der Waals surface area contributed by atoms with Gasteiger partial charge in [0.15, 0.2) is 0 Å². The van der Waals surface area contributed by atoms with Crippen molar-refractivity contribution in [2.75, 3.05) is 38.0 Å². The molecule has 0 bridgehead atoms. The largest absolute Gasteiger partial charge is 0.325 e. The first-order valence-corrected chi connectivity index (χ1v) is 9.58. The molecule has 0 radical (unpaired) electrons. The highest BCUT2D eigenvalue weighted by Gasteiger charge is 2.19. The van der Waals surface area contributed by atoms with Crippen LogP contribution in [-0.4, -0.2) is 48.4 Å². The highest BCUT2D eigenvalue weighted by atomic mass is 19.1. The summed E-state index contributed by atoms with van der Waals surface area (Å²) in [6.45, 7) is 9.09. The number of benzene rings is 2. The van der Waals surface area contributed by atoms with Gasteiger partial charge in [0.2, 0.25) is 5.91 Å². The van der Waals surface area contributed by atoms with Crippen molar-refractivity contribution in [2.24, 2.45) is 0 Å². The highest BCUT2D eigenvalue weighted by molar-refractivity contribution is 5.92. The standard InChI is InChI=1S/C22H28FN3O/c1-17(2)19-5-9-21(10-6-19)24-22(27)16-26-13-11-25(12-14-26)15-18-3-7-20(23)8-4-18/h3-10,17H,11-16H2,1-2H3,(H,24,27). The van der Waals surface area contributed by atoms with Crippen LogP contribution in [0, 0.1) is 5.82 Å². The van der Waals surface area contributed by atoms with E-state index in [9.17, 15) is 9.18 Å². The maximum absolute atomic E-state index is 13.0. The molecule has 1 amide bonds. The zero-order chi connectivity index (χ0) is 19.2. The number of carbonyl (C=O) groups excluding carboxylic acids is 1. The number of nitrogens with zero attached hydrogens (tertiary/aromatic N) is 2. The van der Waals surface area contributed by atoms with E-state index in [2.05, 4.69) is 41.1 Å². The zero-order valence-electron chi connectivity index (χ0n) is 16.1. The summed E-state index contributed by atoms with van der Waals surface area (Å²) < 4.78 is 13.0. The predicted molar refractivity (Wildman–Crippen MR) is 107 cm³/mol. The summed E-state index contributed by atoms with van der Waals surface area (Å²) >= 11 is 0. The number of hydrogen-bond acceptors (Lipinski definition) is 3. The Bertz CT molecular complexity index is 735. The van der Waals surface area contributed by atoms with Crippen molar-refractivity contribution >= 4 is 11.6 Å². The Balaban J connectivity index is 1.41. The fraction of sp³-hybridized carbons (Fsp3) is 0.409. The lowest BCUT2D eigenvalue weighted by Gasteiger charge is -2.34. The minimum absolute atomic E-state index is 0.0271. The Hall–Kier alpha value is -2.24. The van der Waals surface area contributed by atoms with Gasteiger partial charge in [-0.2, -0.15) is 0 Å². The number of nitrogens with one attached hydrogen (secondary N) is 1. The molecule has 1 fully saturated rings. The molecule has 1 heterocycles. The van der Waals surface area contributed by atoms with Gasteiger partial charge in [-0.25, -0.2) is 4.39 Å². The van der Waals surface area contributed by atoms with E-state index in [-0.39, 0.29) is 11.7 Å². The minimum atomic E-state index is -0.201. The molecule has 0 atom stereocenters. The smallest absolute Gasteiger partial charge is 0.238 e. The van der Waals surface area contributed by atoms with E-state index in [0.29, 0.717) is 12.5 Å². The third kappa shape index (κ3) is 5.88. The van der Waals surface area contributed by atoms with Gasteiger partial charge in [-0.15, -0.1) is 0 Å². The normalized spacial score (nSPS) is 15.9. The topological polar surface area (TPSA) is 35.6 Å². The number of carbonyl (C=O) groups is 1. The molecular weight excluding hydrogens is 341 g/mol. The average molecular weight is 369 g/mol. The number of rotatable bonds is 6. The van der Waals surface area contributed by atoms with Crippen LogP contribution < -0.4 is 5.32 Å². The predicted octanol–water partition coefficient (Wildman–Crippen LogP) is 3.71. The Morgan fingerprint density at radius 3 is 2.15 bits per heavy atom. The fourth-order valence-corrected chi connectivity index (χ4v) is 3.31. The van der Waals surface area contributed by atoms with Gasteiger partial charge >= 0.3 is 0 Å². The molecule has 0 aromatic heterocycles. The van der Waals surface area contributed by atoms with Crippen LogP contribution in [-0.2, 0) is 11.3 Å². The summed E-state index contributed by atoms with van der Waals surface area (Å²) in [4.78, 5) is 16.8. The molecule has 1 aliphatic rings. The monoisotopic (exact) mass is 369 g/mol. The first-order chi connectivity index (χ1) is 13.0. The summed E-state index contributed by atoms with van der Waals surface area (Å²) in [5.74, 6) is 0.314. The van der Waals surface area contributed by atoms with Crippen LogP contribution >= 0.6 is 0 Å². The van der Waals surface area contributed by atoms with E-state index in [1.807, 2.05) is 24.3 Å². The van der Waals surface area contributed by atoms with Gasteiger partial charge in [0.1, 0.15) is 5.82 Å². The second-order valence-corrected chi connectivity index (χ2v) is 7.50. The van der Waals surface area contributed by atoms with Crippen LogP contribution in [0.1, 0.15) is 30.9 Å². The Labute approximate surface area is 161 Å². The van der Waals surface area contributed by atoms with Crippen molar-refractivity contribution in [1.82, 2.24) is 9.80 Å². The van der Waals surface area contributed by atoms with E-state index in [1.54, 1.807) is 0 Å². The second kappa shape index (κ2) is 9.11. The molecule has 0 unspecified atom stereocenters. The van der Waals surface area contributed by atoms with E-state index in [4.69, 9.17) is 0 Å². The number of anilines is 1. The van der Waals surface area contributed by atoms with E-state index < -0.39 is 0 Å². The van der Waals surface area contributed by atoms with Crippen LogP contribution in [0.3, 0.4) is 0 Å². The number of amides is 1. The molecule has 1 N–H and O–H groups in total. The van der Waals surface area contributed by atoms with E-state index >= 15 is 0 Å². The van der Waals surface area contributed by atoms with Crippen molar-refractivity contribution < 1.29 is 9.18 Å². The van der Waals surface area contributed by atoms with Gasteiger partial charge in [-0.05, 0) is 41.3 Å². The molecule has 0 aliphatic carbocycles. The van der Waals surface area contributed by atoms with Gasteiger partial charge in [-0.1, -0.05) is 38.1 Å². The Morgan fingerprint density at radius 1 is 0.963 bits per heavy atom. The second-order valence-electron chi connectivity index (χ2n) is 7.50. The van der Waals surface area contributed by atoms with E-state index in [1.165, 1.54) is 17.7 Å². The number of halogens is 1. The number of hydrogen-bond donors (Lipinski definition) is 1. The molecule has 1 saturated heterocycles. The molecule has 3 rings (SSSR count). The van der Waals surface area contributed by atoms with Gasteiger partial charge in [0.05, 0.1) is 6.54 Å². The summed E-state index contributed by atoms with van der Waals surface area (Å²) in [6.07, 6.45) is 0. The molecule has 2 aromatic carbocycles. The van der Waals surface area contributed by atoms with Crippen molar-refractivity contribution in [3.05, 3.63) is 65.5 Å². The van der Waals surface area contributed by atoms with Crippen LogP contribution in [0.4, 0.5) is 10.1 Å². The molecule has 27 heavy (non-hydrogen) atoms. The lowest BCUT2D eigenvalue weighted by atomic mass is 10.0. The SMILES string of the molecule is CC(C)c1ccc(NC(=O)CN2CCN(Cc3ccc(F)cc3)CC2)cc1. The molecule has 0 saturated carbocycles. The van der Waals surface area contributed by atoms with Crippen LogP contribution in [0.25, 0.3) is 0 Å². The zero-order valence-corrected chi connectivity index (χ0v) is 16.1. The third-order valence-electron chi connectivity index (χ3n) is 5.01.